The molecule has 20 heavy (non-hydrogen) atoms. The van der Waals surface area contributed by atoms with E-state index in [-0.39, 0.29) is 23.9 Å². The smallest absolute Gasteiger partial charge is 0.240 e. The summed E-state index contributed by atoms with van der Waals surface area (Å²) < 4.78 is 38.7. The molecule has 1 aromatic rings. The molecule has 1 aliphatic heterocycles. The van der Waals surface area contributed by atoms with E-state index in [2.05, 4.69) is 5.32 Å². The minimum atomic E-state index is -2.40. The Bertz CT molecular complexity index is 426. The number of alkyl halides is 2. The van der Waals surface area contributed by atoms with Gasteiger partial charge >= 0.3 is 0 Å². The summed E-state index contributed by atoms with van der Waals surface area (Å²) in [6, 6.07) is 3.81. The third kappa shape index (κ3) is 4.52. The molecule has 0 saturated carbocycles. The van der Waals surface area contributed by atoms with E-state index in [1.807, 2.05) is 4.90 Å². The van der Waals surface area contributed by atoms with E-state index in [0.717, 1.165) is 13.1 Å². The van der Waals surface area contributed by atoms with Gasteiger partial charge in [0.15, 0.2) is 0 Å². The fraction of sp³-hybridized carbons (Fsp3) is 0.538. The highest BCUT2D eigenvalue weighted by atomic mass is 35.5. The fourth-order valence-electron chi connectivity index (χ4n) is 2.38. The Balaban J connectivity index is 0.00000200. The molecular weight excluding hydrogens is 312 g/mol. The van der Waals surface area contributed by atoms with Crippen molar-refractivity contribution in [1.29, 1.82) is 0 Å². The Morgan fingerprint density at radius 1 is 1.25 bits per heavy atom. The first-order chi connectivity index (χ1) is 9.08. The van der Waals surface area contributed by atoms with Crippen molar-refractivity contribution in [1.82, 2.24) is 10.2 Å². The van der Waals surface area contributed by atoms with Crippen molar-refractivity contribution in [2.24, 2.45) is 0 Å². The molecule has 1 heterocycles. The van der Waals surface area contributed by atoms with Crippen molar-refractivity contribution >= 4 is 24.0 Å². The van der Waals surface area contributed by atoms with Crippen LogP contribution in [0.4, 0.5) is 13.2 Å². The van der Waals surface area contributed by atoms with Gasteiger partial charge in [0.25, 0.3) is 0 Å². The van der Waals surface area contributed by atoms with Crippen LogP contribution in [0.15, 0.2) is 18.2 Å². The number of nitrogens with one attached hydrogen (secondary N) is 1. The molecule has 1 fully saturated rings. The van der Waals surface area contributed by atoms with Crippen LogP contribution in [0.2, 0.25) is 5.02 Å². The minimum Gasteiger partial charge on any atom is -0.314 e. The zero-order valence-corrected chi connectivity index (χ0v) is 12.4. The lowest BCUT2D eigenvalue weighted by molar-refractivity contribution is 0.0739. The number of halogens is 5. The predicted molar refractivity (Wildman–Crippen MR) is 76.5 cm³/mol. The van der Waals surface area contributed by atoms with E-state index in [9.17, 15) is 13.2 Å². The molecule has 0 aromatic heterocycles. The zero-order chi connectivity index (χ0) is 13.8. The first-order valence-electron chi connectivity index (χ1n) is 6.26. The second-order valence-electron chi connectivity index (χ2n) is 4.60. The summed E-state index contributed by atoms with van der Waals surface area (Å²) in [5.74, 6) is -0.526. The summed E-state index contributed by atoms with van der Waals surface area (Å²) in [5, 5.41) is 3.16. The molecule has 1 saturated heterocycles. The maximum Gasteiger partial charge on any atom is 0.240 e. The maximum atomic E-state index is 13.2. The van der Waals surface area contributed by atoms with Gasteiger partial charge in [-0.25, -0.2) is 13.2 Å². The normalized spacial score (nSPS) is 17.9. The van der Waals surface area contributed by atoms with Crippen LogP contribution in [0.5, 0.6) is 0 Å². The van der Waals surface area contributed by atoms with Gasteiger partial charge in [0.1, 0.15) is 5.82 Å². The van der Waals surface area contributed by atoms with Crippen LogP contribution in [-0.4, -0.2) is 37.5 Å². The summed E-state index contributed by atoms with van der Waals surface area (Å²) in [4.78, 5) is 1.99. The van der Waals surface area contributed by atoms with Crippen molar-refractivity contribution in [2.45, 2.75) is 18.9 Å². The van der Waals surface area contributed by atoms with Crippen molar-refractivity contribution in [3.63, 3.8) is 0 Å². The van der Waals surface area contributed by atoms with E-state index < -0.39 is 18.3 Å². The Morgan fingerprint density at radius 2 is 1.90 bits per heavy atom. The molecule has 114 valence electrons. The summed E-state index contributed by atoms with van der Waals surface area (Å²) in [6.07, 6.45) is -2.66. The molecule has 0 amide bonds. The number of hydrogen-bond donors (Lipinski definition) is 1. The van der Waals surface area contributed by atoms with Crippen LogP contribution < -0.4 is 5.32 Å². The second-order valence-corrected chi connectivity index (χ2v) is 5.01. The van der Waals surface area contributed by atoms with Gasteiger partial charge in [-0.1, -0.05) is 17.7 Å². The van der Waals surface area contributed by atoms with Crippen LogP contribution in [0.25, 0.3) is 0 Å². The Kier molecular flexibility index (Phi) is 7.09. The Hall–Kier alpha value is -0.490. The predicted octanol–water partition coefficient (Wildman–Crippen LogP) is 3.50. The summed E-state index contributed by atoms with van der Waals surface area (Å²) in [7, 11) is 0. The summed E-state index contributed by atoms with van der Waals surface area (Å²) >= 11 is 5.74. The Labute approximate surface area is 127 Å². The van der Waals surface area contributed by atoms with Crippen molar-refractivity contribution in [3.05, 3.63) is 34.6 Å². The molecule has 0 radical (unpaired) electrons. The Morgan fingerprint density at radius 3 is 2.45 bits per heavy atom. The molecule has 7 heteroatoms. The van der Waals surface area contributed by atoms with Gasteiger partial charge in [-0.05, 0) is 17.7 Å². The van der Waals surface area contributed by atoms with Crippen molar-refractivity contribution < 1.29 is 13.2 Å². The third-order valence-electron chi connectivity index (χ3n) is 3.32. The number of piperazine rings is 1. The molecular formula is C13H17Cl2F3N2. The van der Waals surface area contributed by atoms with Crippen molar-refractivity contribution in [2.75, 3.05) is 26.2 Å². The maximum absolute atomic E-state index is 13.2. The first kappa shape index (κ1) is 17.6. The summed E-state index contributed by atoms with van der Waals surface area (Å²) in [6.45, 7) is 2.95. The molecule has 2 rings (SSSR count). The lowest BCUT2D eigenvalue weighted by Gasteiger charge is -2.35. The van der Waals surface area contributed by atoms with Gasteiger partial charge in [0.05, 0.1) is 5.02 Å². The highest BCUT2D eigenvalue weighted by molar-refractivity contribution is 6.30. The molecule has 1 aromatic carbocycles. The second kappa shape index (κ2) is 8.08. The van der Waals surface area contributed by atoms with Crippen LogP contribution in [-0.2, 0) is 0 Å². The van der Waals surface area contributed by atoms with E-state index in [1.165, 1.54) is 18.2 Å². The van der Waals surface area contributed by atoms with Gasteiger partial charge in [-0.15, -0.1) is 12.4 Å². The molecule has 1 aliphatic rings. The highest BCUT2D eigenvalue weighted by Crippen LogP contribution is 2.30. The number of nitrogens with zero attached hydrogens (tertiary/aromatic N) is 1. The topological polar surface area (TPSA) is 15.3 Å². The SMILES string of the molecule is Cl.Fc1ccc([C@@H](CC(F)F)N2CCNCC2)cc1Cl. The largest absolute Gasteiger partial charge is 0.314 e. The highest BCUT2D eigenvalue weighted by Gasteiger charge is 2.25. The van der Waals surface area contributed by atoms with Crippen LogP contribution in [0.1, 0.15) is 18.0 Å². The molecule has 1 N–H and O–H groups in total. The standard InChI is InChI=1S/C13H16ClF3N2.ClH/c14-10-7-9(1-2-11(10)15)12(8-13(16)17)19-5-3-18-4-6-19;/h1-2,7,12-13,18H,3-6,8H2;1H/t12-;/m1./s1. The fourth-order valence-corrected chi connectivity index (χ4v) is 2.57. The number of hydrogen-bond acceptors (Lipinski definition) is 2. The molecule has 2 nitrogen and oxygen atoms in total. The molecule has 0 unspecified atom stereocenters. The van der Waals surface area contributed by atoms with Gasteiger partial charge in [-0.2, -0.15) is 0 Å². The number of rotatable bonds is 4. The van der Waals surface area contributed by atoms with E-state index in [1.54, 1.807) is 0 Å². The van der Waals surface area contributed by atoms with Crippen LogP contribution >= 0.6 is 24.0 Å². The monoisotopic (exact) mass is 328 g/mol. The van der Waals surface area contributed by atoms with E-state index >= 15 is 0 Å². The molecule has 0 aliphatic carbocycles. The first-order valence-corrected chi connectivity index (χ1v) is 6.63. The van der Waals surface area contributed by atoms with E-state index in [0.29, 0.717) is 18.7 Å². The average molecular weight is 329 g/mol. The quantitative estimate of drug-likeness (QED) is 0.910. The van der Waals surface area contributed by atoms with E-state index in [4.69, 9.17) is 11.6 Å². The average Bonchev–Trinajstić information content (AvgIpc) is 2.40. The van der Waals surface area contributed by atoms with Crippen molar-refractivity contribution in [3.8, 4) is 0 Å². The molecule has 0 bridgehead atoms. The van der Waals surface area contributed by atoms with Crippen LogP contribution in [0, 0.1) is 5.82 Å². The van der Waals surface area contributed by atoms with Gasteiger partial charge < -0.3 is 5.32 Å². The molecule has 1 atom stereocenters. The van der Waals surface area contributed by atoms with Gasteiger partial charge in [0.2, 0.25) is 6.43 Å². The van der Waals surface area contributed by atoms with Gasteiger partial charge in [0, 0.05) is 38.6 Å². The molecule has 0 spiro atoms. The van der Waals surface area contributed by atoms with Gasteiger partial charge in [-0.3, -0.25) is 4.90 Å². The summed E-state index contributed by atoms with van der Waals surface area (Å²) in [5.41, 5.74) is 0.647. The minimum absolute atomic E-state index is 0. The lowest BCUT2D eigenvalue weighted by Crippen LogP contribution is -2.45. The third-order valence-corrected chi connectivity index (χ3v) is 3.61. The lowest BCUT2D eigenvalue weighted by atomic mass is 10.0. The zero-order valence-electron chi connectivity index (χ0n) is 10.8. The number of benzene rings is 1. The van der Waals surface area contributed by atoms with Crippen LogP contribution in [0.3, 0.4) is 0 Å².